The predicted molar refractivity (Wildman–Crippen MR) is 67.2 cm³/mol. The summed E-state index contributed by atoms with van der Waals surface area (Å²) in [5.74, 6) is 1.19. The van der Waals surface area contributed by atoms with E-state index in [0.717, 1.165) is 19.3 Å². The van der Waals surface area contributed by atoms with Crippen LogP contribution < -0.4 is 0 Å². The summed E-state index contributed by atoms with van der Waals surface area (Å²) in [6.45, 7) is 6.48. The summed E-state index contributed by atoms with van der Waals surface area (Å²) >= 11 is 0. The van der Waals surface area contributed by atoms with Crippen molar-refractivity contribution in [1.29, 1.82) is 0 Å². The van der Waals surface area contributed by atoms with Crippen molar-refractivity contribution in [1.82, 2.24) is 0 Å². The van der Waals surface area contributed by atoms with Crippen LogP contribution in [0.3, 0.4) is 0 Å². The molecule has 86 valence electrons. The van der Waals surface area contributed by atoms with E-state index in [1.54, 1.807) is 0 Å². The Balaban J connectivity index is 2.09. The van der Waals surface area contributed by atoms with E-state index in [0.29, 0.717) is 0 Å². The van der Waals surface area contributed by atoms with Crippen molar-refractivity contribution in [3.63, 3.8) is 0 Å². The van der Waals surface area contributed by atoms with E-state index < -0.39 is 0 Å². The second-order valence-electron chi connectivity index (χ2n) is 5.14. The zero-order chi connectivity index (χ0) is 11.6. The van der Waals surface area contributed by atoms with Gasteiger partial charge in [0.15, 0.2) is 0 Å². The molecule has 1 aromatic carbocycles. The zero-order valence-electron chi connectivity index (χ0n) is 10.4. The predicted octanol–water partition coefficient (Wildman–Crippen LogP) is 4.09. The molecule has 2 rings (SSSR count). The molecule has 0 bridgehead atoms. The highest BCUT2D eigenvalue weighted by Gasteiger charge is 2.33. The summed E-state index contributed by atoms with van der Waals surface area (Å²) in [4.78, 5) is 0. The molecular weight excluding hydrogens is 196 g/mol. The summed E-state index contributed by atoms with van der Waals surface area (Å²) in [5, 5.41) is 0. The molecule has 1 nitrogen and oxygen atoms in total. The second-order valence-corrected chi connectivity index (χ2v) is 5.14. The molecule has 1 saturated heterocycles. The number of hydrogen-bond donors (Lipinski definition) is 0. The summed E-state index contributed by atoms with van der Waals surface area (Å²) in [6.07, 6.45) is 3.22. The lowest BCUT2D eigenvalue weighted by Crippen LogP contribution is -2.25. The summed E-state index contributed by atoms with van der Waals surface area (Å²) in [7, 11) is 0. The van der Waals surface area contributed by atoms with Crippen LogP contribution in [-0.4, -0.2) is 5.60 Å². The van der Waals surface area contributed by atoms with Crippen LogP contribution in [0.1, 0.15) is 39.2 Å². The van der Waals surface area contributed by atoms with E-state index in [9.17, 15) is 0 Å². The van der Waals surface area contributed by atoms with Crippen LogP contribution in [-0.2, 0) is 11.2 Å². The van der Waals surface area contributed by atoms with Gasteiger partial charge in [0.05, 0.1) is 5.76 Å². The van der Waals surface area contributed by atoms with Crippen LogP contribution in [0.4, 0.5) is 0 Å². The molecule has 0 radical (unpaired) electrons. The molecule has 1 aliphatic rings. The number of hydrogen-bond acceptors (Lipinski definition) is 1. The van der Waals surface area contributed by atoms with Gasteiger partial charge in [0.1, 0.15) is 5.60 Å². The van der Waals surface area contributed by atoms with Crippen LogP contribution in [0.25, 0.3) is 0 Å². The minimum absolute atomic E-state index is 0.00600. The van der Waals surface area contributed by atoms with E-state index in [2.05, 4.69) is 51.1 Å². The van der Waals surface area contributed by atoms with Crippen LogP contribution in [0.2, 0.25) is 0 Å². The van der Waals surface area contributed by atoms with Crippen molar-refractivity contribution in [3.8, 4) is 0 Å². The summed E-state index contributed by atoms with van der Waals surface area (Å²) < 4.78 is 6.09. The van der Waals surface area contributed by atoms with Gasteiger partial charge in [0.25, 0.3) is 0 Å². The van der Waals surface area contributed by atoms with E-state index in [-0.39, 0.29) is 5.60 Å². The number of benzene rings is 1. The summed E-state index contributed by atoms with van der Waals surface area (Å²) in [6, 6.07) is 10.6. The third kappa shape index (κ3) is 2.46. The second kappa shape index (κ2) is 4.32. The Hall–Kier alpha value is -1.24. The quantitative estimate of drug-likeness (QED) is 0.723. The highest BCUT2D eigenvalue weighted by molar-refractivity contribution is 5.19. The van der Waals surface area contributed by atoms with Crippen LogP contribution in [0.15, 0.2) is 41.7 Å². The molecule has 0 saturated carbocycles. The minimum atomic E-state index is -0.00600. The summed E-state index contributed by atoms with van der Waals surface area (Å²) in [5.41, 5.74) is 2.67. The van der Waals surface area contributed by atoms with Crippen molar-refractivity contribution in [2.75, 3.05) is 0 Å². The highest BCUT2D eigenvalue weighted by atomic mass is 16.5. The molecule has 1 atom stereocenters. The fraction of sp³-hybridized carbons (Fsp3) is 0.467. The SMILES string of the molecule is CC(C)=C1CCC(C)(Cc2ccccc2)O1. The van der Waals surface area contributed by atoms with Crippen molar-refractivity contribution < 1.29 is 4.74 Å². The molecular formula is C15H20O. The lowest BCUT2D eigenvalue weighted by atomic mass is 9.93. The lowest BCUT2D eigenvalue weighted by molar-refractivity contribution is 0.0568. The number of ether oxygens (including phenoxy) is 1. The topological polar surface area (TPSA) is 9.23 Å². The van der Waals surface area contributed by atoms with E-state index in [1.807, 2.05) is 0 Å². The Labute approximate surface area is 98.1 Å². The van der Waals surface area contributed by atoms with Gasteiger partial charge >= 0.3 is 0 Å². The lowest BCUT2D eigenvalue weighted by Gasteiger charge is -2.24. The molecule has 0 spiro atoms. The van der Waals surface area contributed by atoms with Crippen LogP contribution in [0.5, 0.6) is 0 Å². The largest absolute Gasteiger partial charge is 0.492 e. The molecule has 0 aromatic heterocycles. The highest BCUT2D eigenvalue weighted by Crippen LogP contribution is 2.36. The van der Waals surface area contributed by atoms with Gasteiger partial charge in [0.2, 0.25) is 0 Å². The Bertz CT molecular complexity index is 387. The van der Waals surface area contributed by atoms with Crippen molar-refractivity contribution in [3.05, 3.63) is 47.2 Å². The van der Waals surface area contributed by atoms with Gasteiger partial charge in [-0.3, -0.25) is 0 Å². The molecule has 1 fully saturated rings. The first-order valence-electron chi connectivity index (χ1n) is 5.98. The normalized spacial score (nSPS) is 24.3. The van der Waals surface area contributed by atoms with Crippen molar-refractivity contribution >= 4 is 0 Å². The average molecular weight is 216 g/mol. The third-order valence-electron chi connectivity index (χ3n) is 3.23. The maximum atomic E-state index is 6.09. The molecule has 1 unspecified atom stereocenters. The molecule has 1 aromatic rings. The average Bonchev–Trinajstić information content (AvgIpc) is 2.62. The smallest absolute Gasteiger partial charge is 0.110 e. The maximum absolute atomic E-state index is 6.09. The van der Waals surface area contributed by atoms with Gasteiger partial charge in [-0.2, -0.15) is 0 Å². The maximum Gasteiger partial charge on any atom is 0.110 e. The standard InChI is InChI=1S/C15H20O/c1-12(2)14-9-10-15(3,16-14)11-13-7-5-4-6-8-13/h4-8H,9-11H2,1-3H3. The third-order valence-corrected chi connectivity index (χ3v) is 3.23. The minimum Gasteiger partial charge on any atom is -0.492 e. The van der Waals surface area contributed by atoms with Crippen LogP contribution >= 0.6 is 0 Å². The van der Waals surface area contributed by atoms with Crippen molar-refractivity contribution in [2.45, 2.75) is 45.6 Å². The molecule has 0 aliphatic carbocycles. The monoisotopic (exact) mass is 216 g/mol. The molecule has 0 N–H and O–H groups in total. The van der Waals surface area contributed by atoms with Gasteiger partial charge in [-0.25, -0.2) is 0 Å². The molecule has 0 amide bonds. The number of allylic oxidation sites excluding steroid dienone is 2. The fourth-order valence-corrected chi connectivity index (χ4v) is 2.28. The van der Waals surface area contributed by atoms with Gasteiger partial charge < -0.3 is 4.74 Å². The zero-order valence-corrected chi connectivity index (χ0v) is 10.4. The van der Waals surface area contributed by atoms with Gasteiger partial charge in [0, 0.05) is 12.8 Å². The fourth-order valence-electron chi connectivity index (χ4n) is 2.28. The van der Waals surface area contributed by atoms with Gasteiger partial charge in [-0.05, 0) is 38.3 Å². The first kappa shape index (κ1) is 11.3. The van der Waals surface area contributed by atoms with E-state index in [4.69, 9.17) is 4.74 Å². The van der Waals surface area contributed by atoms with Gasteiger partial charge in [-0.1, -0.05) is 30.3 Å². The Morgan fingerprint density at radius 3 is 2.50 bits per heavy atom. The molecule has 1 aliphatic heterocycles. The molecule has 1 heterocycles. The Morgan fingerprint density at radius 1 is 1.25 bits per heavy atom. The Morgan fingerprint density at radius 2 is 1.94 bits per heavy atom. The first-order chi connectivity index (χ1) is 7.59. The number of rotatable bonds is 2. The first-order valence-corrected chi connectivity index (χ1v) is 5.98. The molecule has 16 heavy (non-hydrogen) atoms. The molecule has 1 heteroatoms. The van der Waals surface area contributed by atoms with E-state index in [1.165, 1.54) is 16.9 Å². The van der Waals surface area contributed by atoms with E-state index >= 15 is 0 Å². The Kier molecular flexibility index (Phi) is 3.04. The van der Waals surface area contributed by atoms with Gasteiger partial charge in [-0.15, -0.1) is 0 Å². The van der Waals surface area contributed by atoms with Crippen molar-refractivity contribution in [2.24, 2.45) is 0 Å². The van der Waals surface area contributed by atoms with Crippen LogP contribution in [0, 0.1) is 0 Å².